The summed E-state index contributed by atoms with van der Waals surface area (Å²) in [6.07, 6.45) is 3.35. The van der Waals surface area contributed by atoms with Crippen molar-refractivity contribution in [1.29, 1.82) is 0 Å². The molecular formula is C14H25BrN4. The van der Waals surface area contributed by atoms with Crippen LogP contribution in [0.3, 0.4) is 0 Å². The Kier molecular flexibility index (Phi) is 5.85. The first-order chi connectivity index (χ1) is 9.19. The van der Waals surface area contributed by atoms with E-state index >= 15 is 0 Å². The topological polar surface area (TPSA) is 24.3 Å². The van der Waals surface area contributed by atoms with Crippen molar-refractivity contribution in [2.45, 2.75) is 32.9 Å². The quantitative estimate of drug-likeness (QED) is 0.775. The van der Waals surface area contributed by atoms with Gasteiger partial charge in [0.2, 0.25) is 0 Å². The van der Waals surface area contributed by atoms with Crippen molar-refractivity contribution in [1.82, 2.24) is 19.6 Å². The zero-order chi connectivity index (χ0) is 13.7. The molecule has 1 saturated heterocycles. The molecule has 1 aliphatic heterocycles. The summed E-state index contributed by atoms with van der Waals surface area (Å²) < 4.78 is 2.05. The molecule has 0 aromatic carbocycles. The number of hydrogen-bond acceptors (Lipinski definition) is 3. The van der Waals surface area contributed by atoms with Gasteiger partial charge in [0, 0.05) is 43.7 Å². The molecule has 1 aromatic heterocycles. The fraction of sp³-hybridized carbons (Fsp3) is 0.786. The molecule has 0 bridgehead atoms. The molecule has 0 N–H and O–H groups in total. The predicted molar refractivity (Wildman–Crippen MR) is 82.7 cm³/mol. The van der Waals surface area contributed by atoms with Crippen LogP contribution in [0.15, 0.2) is 12.3 Å². The number of aromatic nitrogens is 2. The van der Waals surface area contributed by atoms with Crippen LogP contribution in [0.2, 0.25) is 0 Å². The Morgan fingerprint density at radius 3 is 2.63 bits per heavy atom. The minimum absolute atomic E-state index is 0.451. The van der Waals surface area contributed by atoms with Crippen molar-refractivity contribution >= 4 is 15.9 Å². The average molecular weight is 329 g/mol. The second kappa shape index (κ2) is 7.41. The smallest absolute Gasteiger partial charge is 0.0764 e. The highest BCUT2D eigenvalue weighted by Crippen LogP contribution is 2.10. The third-order valence-electron chi connectivity index (χ3n) is 3.66. The van der Waals surface area contributed by atoms with E-state index in [1.165, 1.54) is 31.7 Å². The first kappa shape index (κ1) is 15.0. The molecule has 2 heterocycles. The van der Waals surface area contributed by atoms with Gasteiger partial charge in [-0.25, -0.2) is 0 Å². The van der Waals surface area contributed by atoms with Gasteiger partial charge in [-0.05, 0) is 39.4 Å². The molecule has 2 rings (SSSR count). The molecule has 1 aliphatic rings. The van der Waals surface area contributed by atoms with Crippen molar-refractivity contribution in [2.24, 2.45) is 0 Å². The lowest BCUT2D eigenvalue weighted by Gasteiger charge is -2.20. The third kappa shape index (κ3) is 4.58. The summed E-state index contributed by atoms with van der Waals surface area (Å²) in [6, 6.07) is 2.61. The van der Waals surface area contributed by atoms with Crippen LogP contribution >= 0.6 is 15.9 Å². The highest BCUT2D eigenvalue weighted by molar-refractivity contribution is 9.09. The molecule has 5 heteroatoms. The third-order valence-corrected chi connectivity index (χ3v) is 4.01. The molecule has 0 unspecified atom stereocenters. The maximum Gasteiger partial charge on any atom is 0.0764 e. The maximum atomic E-state index is 4.64. The number of alkyl halides is 1. The molecule has 0 saturated carbocycles. The van der Waals surface area contributed by atoms with E-state index in [0.717, 1.165) is 25.0 Å². The first-order valence-corrected chi connectivity index (χ1v) is 8.36. The molecule has 4 nitrogen and oxygen atoms in total. The lowest BCUT2D eigenvalue weighted by molar-refractivity contribution is 0.255. The van der Waals surface area contributed by atoms with Crippen LogP contribution < -0.4 is 0 Å². The van der Waals surface area contributed by atoms with E-state index in [0.29, 0.717) is 6.04 Å². The van der Waals surface area contributed by atoms with Gasteiger partial charge in [0.1, 0.15) is 0 Å². The second-order valence-electron chi connectivity index (χ2n) is 5.54. The molecule has 0 atom stereocenters. The van der Waals surface area contributed by atoms with E-state index in [-0.39, 0.29) is 0 Å². The lowest BCUT2D eigenvalue weighted by Crippen LogP contribution is -2.31. The maximum absolute atomic E-state index is 4.64. The van der Waals surface area contributed by atoms with E-state index in [9.17, 15) is 0 Å². The van der Waals surface area contributed by atoms with E-state index in [2.05, 4.69) is 56.9 Å². The van der Waals surface area contributed by atoms with Crippen LogP contribution in [0.1, 0.15) is 32.0 Å². The molecule has 1 aromatic rings. The van der Waals surface area contributed by atoms with Crippen molar-refractivity contribution in [3.8, 4) is 0 Å². The summed E-state index contributed by atoms with van der Waals surface area (Å²) in [7, 11) is 0. The minimum atomic E-state index is 0.451. The summed E-state index contributed by atoms with van der Waals surface area (Å²) in [5.74, 6) is 0. The largest absolute Gasteiger partial charge is 0.301 e. The molecule has 19 heavy (non-hydrogen) atoms. The minimum Gasteiger partial charge on any atom is -0.301 e. The SMILES string of the molecule is CC(C)n1ccc(CN2CCCN(CCBr)CC2)n1. The Labute approximate surface area is 124 Å². The fourth-order valence-electron chi connectivity index (χ4n) is 2.50. The van der Waals surface area contributed by atoms with E-state index < -0.39 is 0 Å². The van der Waals surface area contributed by atoms with Crippen LogP contribution in [0.25, 0.3) is 0 Å². The number of nitrogens with zero attached hydrogens (tertiary/aromatic N) is 4. The zero-order valence-corrected chi connectivity index (χ0v) is 13.6. The zero-order valence-electron chi connectivity index (χ0n) is 12.1. The summed E-state index contributed by atoms with van der Waals surface area (Å²) in [6.45, 7) is 11.2. The Morgan fingerprint density at radius 2 is 1.95 bits per heavy atom. The molecule has 0 spiro atoms. The lowest BCUT2D eigenvalue weighted by atomic mass is 10.3. The molecular weight excluding hydrogens is 304 g/mol. The Bertz CT molecular complexity index is 377. The molecule has 1 fully saturated rings. The summed E-state index contributed by atoms with van der Waals surface area (Å²) in [5.41, 5.74) is 1.20. The van der Waals surface area contributed by atoms with Gasteiger partial charge in [0.05, 0.1) is 5.69 Å². The second-order valence-corrected chi connectivity index (χ2v) is 6.33. The van der Waals surface area contributed by atoms with E-state index in [1.54, 1.807) is 0 Å². The molecule has 108 valence electrons. The summed E-state index contributed by atoms with van der Waals surface area (Å²) in [4.78, 5) is 5.07. The van der Waals surface area contributed by atoms with Crippen molar-refractivity contribution < 1.29 is 0 Å². The van der Waals surface area contributed by atoms with Crippen LogP contribution in [0.5, 0.6) is 0 Å². The Balaban J connectivity index is 1.85. The highest BCUT2D eigenvalue weighted by atomic mass is 79.9. The number of halogens is 1. The highest BCUT2D eigenvalue weighted by Gasteiger charge is 2.15. The standard InChI is InChI=1S/C14H25BrN4/c1-13(2)19-8-4-14(16-19)12-18-7-3-6-17(9-5-15)10-11-18/h4,8,13H,3,5-7,9-12H2,1-2H3. The normalized spacial score (nSPS) is 18.9. The first-order valence-electron chi connectivity index (χ1n) is 7.23. The van der Waals surface area contributed by atoms with Gasteiger partial charge in [-0.1, -0.05) is 15.9 Å². The van der Waals surface area contributed by atoms with Crippen molar-refractivity contribution in [3.63, 3.8) is 0 Å². The van der Waals surface area contributed by atoms with E-state index in [1.807, 2.05) is 4.68 Å². The van der Waals surface area contributed by atoms with Crippen molar-refractivity contribution in [3.05, 3.63) is 18.0 Å². The van der Waals surface area contributed by atoms with Crippen molar-refractivity contribution in [2.75, 3.05) is 38.1 Å². The van der Waals surface area contributed by atoms with Crippen LogP contribution in [-0.2, 0) is 6.54 Å². The van der Waals surface area contributed by atoms with Crippen LogP contribution in [0, 0.1) is 0 Å². The van der Waals surface area contributed by atoms with Gasteiger partial charge >= 0.3 is 0 Å². The molecule has 0 amide bonds. The predicted octanol–water partition coefficient (Wildman–Crippen LogP) is 2.37. The Morgan fingerprint density at radius 1 is 1.21 bits per heavy atom. The van der Waals surface area contributed by atoms with Gasteiger partial charge in [-0.3, -0.25) is 9.58 Å². The summed E-state index contributed by atoms with van der Waals surface area (Å²) in [5, 5.41) is 5.72. The van der Waals surface area contributed by atoms with Gasteiger partial charge in [0.15, 0.2) is 0 Å². The fourth-order valence-corrected chi connectivity index (χ4v) is 3.01. The van der Waals surface area contributed by atoms with Gasteiger partial charge in [-0.15, -0.1) is 0 Å². The number of hydrogen-bond donors (Lipinski definition) is 0. The molecule has 0 radical (unpaired) electrons. The Hall–Kier alpha value is -0.390. The van der Waals surface area contributed by atoms with Gasteiger partial charge < -0.3 is 4.90 Å². The number of rotatable bonds is 5. The van der Waals surface area contributed by atoms with Crippen LogP contribution in [0.4, 0.5) is 0 Å². The monoisotopic (exact) mass is 328 g/mol. The van der Waals surface area contributed by atoms with Gasteiger partial charge in [0.25, 0.3) is 0 Å². The van der Waals surface area contributed by atoms with Crippen LogP contribution in [-0.4, -0.2) is 57.6 Å². The summed E-state index contributed by atoms with van der Waals surface area (Å²) >= 11 is 3.53. The average Bonchev–Trinajstić information content (AvgIpc) is 2.73. The van der Waals surface area contributed by atoms with E-state index in [4.69, 9.17) is 0 Å². The molecule has 0 aliphatic carbocycles. The van der Waals surface area contributed by atoms with Gasteiger partial charge in [-0.2, -0.15) is 5.10 Å².